The van der Waals surface area contributed by atoms with Crippen LogP contribution in [-0.2, 0) is 0 Å². The zero-order valence-electron chi connectivity index (χ0n) is 17.0. The summed E-state index contributed by atoms with van der Waals surface area (Å²) < 4.78 is 0. The number of amides is 1. The highest BCUT2D eigenvalue weighted by molar-refractivity contribution is 6.07. The van der Waals surface area contributed by atoms with E-state index in [-0.39, 0.29) is 11.9 Å². The Morgan fingerprint density at radius 1 is 1.00 bits per heavy atom. The molecule has 1 fully saturated rings. The van der Waals surface area contributed by atoms with Crippen LogP contribution >= 0.6 is 0 Å². The number of para-hydroxylation sites is 1. The van der Waals surface area contributed by atoms with E-state index >= 15 is 0 Å². The zero-order valence-corrected chi connectivity index (χ0v) is 17.0. The zero-order chi connectivity index (χ0) is 19.7. The molecule has 3 heteroatoms. The molecule has 1 aromatic heterocycles. The summed E-state index contributed by atoms with van der Waals surface area (Å²) in [7, 11) is 0. The van der Waals surface area contributed by atoms with Gasteiger partial charge in [-0.05, 0) is 61.9 Å². The predicted molar refractivity (Wildman–Crippen MR) is 116 cm³/mol. The van der Waals surface area contributed by atoms with Crippen LogP contribution in [0.15, 0.2) is 48.5 Å². The quantitative estimate of drug-likeness (QED) is 0.629. The van der Waals surface area contributed by atoms with Gasteiger partial charge in [-0.25, -0.2) is 4.98 Å². The number of nitrogens with zero attached hydrogens (tertiary/aromatic N) is 1. The first kappa shape index (κ1) is 18.7. The van der Waals surface area contributed by atoms with Gasteiger partial charge in [0.05, 0.1) is 16.8 Å². The monoisotopic (exact) mass is 372 g/mol. The highest BCUT2D eigenvalue weighted by Gasteiger charge is 2.24. The van der Waals surface area contributed by atoms with Crippen molar-refractivity contribution in [2.45, 2.75) is 52.5 Å². The Labute approximate surface area is 167 Å². The summed E-state index contributed by atoms with van der Waals surface area (Å²) in [6, 6.07) is 16.5. The average Bonchev–Trinajstić information content (AvgIpc) is 2.71. The van der Waals surface area contributed by atoms with Crippen molar-refractivity contribution in [1.29, 1.82) is 0 Å². The van der Waals surface area contributed by atoms with Crippen molar-refractivity contribution in [3.05, 3.63) is 65.2 Å². The number of aromatic nitrogens is 1. The van der Waals surface area contributed by atoms with Gasteiger partial charge in [0.1, 0.15) is 0 Å². The van der Waals surface area contributed by atoms with Crippen molar-refractivity contribution >= 4 is 16.8 Å². The Kier molecular flexibility index (Phi) is 5.17. The van der Waals surface area contributed by atoms with Crippen LogP contribution in [0, 0.1) is 19.8 Å². The molecule has 1 aliphatic carbocycles. The first-order valence-corrected chi connectivity index (χ1v) is 10.3. The first-order chi connectivity index (χ1) is 13.5. The molecule has 4 rings (SSSR count). The van der Waals surface area contributed by atoms with Gasteiger partial charge in [0.25, 0.3) is 5.91 Å². The van der Waals surface area contributed by atoms with Crippen LogP contribution in [0.1, 0.15) is 54.1 Å². The Morgan fingerprint density at radius 2 is 1.79 bits per heavy atom. The molecule has 1 amide bonds. The molecule has 0 bridgehead atoms. The van der Waals surface area contributed by atoms with E-state index in [1.54, 1.807) is 0 Å². The fraction of sp³-hybridized carbons (Fsp3) is 0.360. The van der Waals surface area contributed by atoms with Crippen LogP contribution in [0.25, 0.3) is 22.2 Å². The minimum absolute atomic E-state index is 0.0161. The van der Waals surface area contributed by atoms with Crippen molar-refractivity contribution in [2.75, 3.05) is 0 Å². The van der Waals surface area contributed by atoms with Crippen molar-refractivity contribution < 1.29 is 4.79 Å². The van der Waals surface area contributed by atoms with E-state index in [9.17, 15) is 4.79 Å². The molecule has 1 aliphatic rings. The van der Waals surface area contributed by atoms with Crippen LogP contribution in [-0.4, -0.2) is 16.9 Å². The maximum atomic E-state index is 13.2. The maximum Gasteiger partial charge on any atom is 0.252 e. The Morgan fingerprint density at radius 3 is 2.57 bits per heavy atom. The normalized spacial score (nSPS) is 19.5. The summed E-state index contributed by atoms with van der Waals surface area (Å²) in [5, 5.41) is 4.22. The Balaban J connectivity index is 1.75. The molecule has 1 N–H and O–H groups in total. The van der Waals surface area contributed by atoms with Crippen molar-refractivity contribution in [1.82, 2.24) is 10.3 Å². The van der Waals surface area contributed by atoms with Crippen LogP contribution in [0.2, 0.25) is 0 Å². The van der Waals surface area contributed by atoms with Crippen LogP contribution in [0.5, 0.6) is 0 Å². The number of rotatable bonds is 3. The summed E-state index contributed by atoms with van der Waals surface area (Å²) in [4.78, 5) is 18.1. The number of fused-ring (bicyclic) bond motifs is 1. The lowest BCUT2D eigenvalue weighted by Gasteiger charge is -2.29. The van der Waals surface area contributed by atoms with Gasteiger partial charge in [-0.2, -0.15) is 0 Å². The van der Waals surface area contributed by atoms with E-state index in [2.05, 4.69) is 44.3 Å². The van der Waals surface area contributed by atoms with Crippen molar-refractivity contribution in [3.8, 4) is 11.3 Å². The summed E-state index contributed by atoms with van der Waals surface area (Å²) >= 11 is 0. The minimum Gasteiger partial charge on any atom is -0.349 e. The first-order valence-electron chi connectivity index (χ1n) is 10.3. The standard InChI is InChI=1S/C25H28N2O/c1-16-12-13-19(14-18(16)3)24-15-21(20-9-5-7-11-23(20)26-24)25(28)27-22-10-6-4-8-17(22)2/h5,7,9,11-15,17,22H,4,6,8,10H2,1-3H3,(H,27,28)/t17-,22+/m1/s1. The van der Waals surface area contributed by atoms with Gasteiger partial charge in [0, 0.05) is 17.0 Å². The molecule has 1 heterocycles. The molecule has 0 spiro atoms. The second-order valence-electron chi connectivity index (χ2n) is 8.21. The molecule has 0 unspecified atom stereocenters. The van der Waals surface area contributed by atoms with Gasteiger partial charge in [0.15, 0.2) is 0 Å². The molecular formula is C25H28N2O. The van der Waals surface area contributed by atoms with Crippen molar-refractivity contribution in [3.63, 3.8) is 0 Å². The predicted octanol–water partition coefficient (Wildman–Crippen LogP) is 5.83. The van der Waals surface area contributed by atoms with E-state index in [4.69, 9.17) is 4.98 Å². The molecule has 0 saturated heterocycles. The molecule has 144 valence electrons. The highest BCUT2D eigenvalue weighted by Crippen LogP contribution is 2.28. The molecule has 2 aromatic carbocycles. The topological polar surface area (TPSA) is 42.0 Å². The number of pyridine rings is 1. The van der Waals surface area contributed by atoms with Gasteiger partial charge in [-0.1, -0.05) is 50.1 Å². The van der Waals surface area contributed by atoms with E-state index in [0.717, 1.165) is 34.1 Å². The van der Waals surface area contributed by atoms with Crippen LogP contribution in [0.4, 0.5) is 0 Å². The van der Waals surface area contributed by atoms with E-state index in [1.165, 1.54) is 30.4 Å². The number of hydrogen-bond acceptors (Lipinski definition) is 2. The third-order valence-corrected chi connectivity index (χ3v) is 6.19. The number of nitrogens with one attached hydrogen (secondary N) is 1. The Bertz CT molecular complexity index is 1020. The van der Waals surface area contributed by atoms with E-state index in [0.29, 0.717) is 5.92 Å². The number of benzene rings is 2. The average molecular weight is 373 g/mol. The molecule has 2 atom stereocenters. The SMILES string of the molecule is Cc1ccc(-c2cc(C(=O)N[C@H]3CCCC[C@H]3C)c3ccccc3n2)cc1C. The number of hydrogen-bond donors (Lipinski definition) is 1. The largest absolute Gasteiger partial charge is 0.349 e. The summed E-state index contributed by atoms with van der Waals surface area (Å²) in [6.45, 7) is 6.46. The summed E-state index contributed by atoms with van der Waals surface area (Å²) in [5.74, 6) is 0.549. The Hall–Kier alpha value is -2.68. The maximum absolute atomic E-state index is 13.2. The van der Waals surface area contributed by atoms with E-state index in [1.807, 2.05) is 30.3 Å². The molecular weight excluding hydrogens is 344 g/mol. The molecule has 3 aromatic rings. The number of carbonyl (C=O) groups excluding carboxylic acids is 1. The third-order valence-electron chi connectivity index (χ3n) is 6.19. The fourth-order valence-corrected chi connectivity index (χ4v) is 4.19. The fourth-order valence-electron chi connectivity index (χ4n) is 4.19. The summed E-state index contributed by atoms with van der Waals surface area (Å²) in [5.41, 5.74) is 5.97. The molecule has 28 heavy (non-hydrogen) atoms. The van der Waals surface area contributed by atoms with Crippen LogP contribution in [0.3, 0.4) is 0 Å². The lowest BCUT2D eigenvalue weighted by Crippen LogP contribution is -2.41. The van der Waals surface area contributed by atoms with Gasteiger partial charge in [-0.15, -0.1) is 0 Å². The van der Waals surface area contributed by atoms with Crippen molar-refractivity contribution in [2.24, 2.45) is 5.92 Å². The smallest absolute Gasteiger partial charge is 0.252 e. The summed E-state index contributed by atoms with van der Waals surface area (Å²) in [6.07, 6.45) is 4.72. The lowest BCUT2D eigenvalue weighted by atomic mass is 9.85. The van der Waals surface area contributed by atoms with Gasteiger partial charge in [-0.3, -0.25) is 4.79 Å². The number of aryl methyl sites for hydroxylation is 2. The molecule has 0 aliphatic heterocycles. The molecule has 1 saturated carbocycles. The van der Waals surface area contributed by atoms with Gasteiger partial charge >= 0.3 is 0 Å². The molecule has 3 nitrogen and oxygen atoms in total. The van der Waals surface area contributed by atoms with E-state index < -0.39 is 0 Å². The molecule has 0 radical (unpaired) electrons. The second kappa shape index (κ2) is 7.75. The minimum atomic E-state index is 0.0161. The lowest BCUT2D eigenvalue weighted by molar-refractivity contribution is 0.0912. The number of carbonyl (C=O) groups is 1. The highest BCUT2D eigenvalue weighted by atomic mass is 16.1. The third kappa shape index (κ3) is 3.66. The van der Waals surface area contributed by atoms with Gasteiger partial charge in [0.2, 0.25) is 0 Å². The van der Waals surface area contributed by atoms with Gasteiger partial charge < -0.3 is 5.32 Å². The second-order valence-corrected chi connectivity index (χ2v) is 8.21. The van der Waals surface area contributed by atoms with Crippen LogP contribution < -0.4 is 5.32 Å².